The van der Waals surface area contributed by atoms with E-state index in [9.17, 15) is 4.39 Å². The number of fused-ring (bicyclic) bond motifs is 5. The van der Waals surface area contributed by atoms with Gasteiger partial charge in [-0.15, -0.1) is 53.6 Å². The Morgan fingerprint density at radius 2 is 1.64 bits per heavy atom. The minimum absolute atomic E-state index is 0. The number of aromatic nitrogens is 3. The first kappa shape index (κ1) is 33.5. The molecule has 0 aliphatic heterocycles. The number of benzene rings is 6. The molecule has 1 radical (unpaired) electrons. The van der Waals surface area contributed by atoms with Gasteiger partial charge in [0.25, 0.3) is 0 Å². The van der Waals surface area contributed by atoms with E-state index in [1.807, 2.05) is 44.3 Å². The Hall–Kier alpha value is -4.78. The van der Waals surface area contributed by atoms with Crippen LogP contribution in [0.25, 0.3) is 64.6 Å². The third kappa shape index (κ3) is 7.85. The van der Waals surface area contributed by atoms with Crippen LogP contribution in [0.4, 0.5) is 4.39 Å². The van der Waals surface area contributed by atoms with Gasteiger partial charge in [-0.2, -0.15) is 11.3 Å². The number of nitrogens with zero attached hydrogens (tertiary/aromatic N) is 3. The summed E-state index contributed by atoms with van der Waals surface area (Å²) in [6.07, 6.45) is 1.89. The van der Waals surface area contributed by atoms with Gasteiger partial charge in [0.05, 0.1) is 24.9 Å². The zero-order valence-corrected chi connectivity index (χ0v) is 35.5. The van der Waals surface area contributed by atoms with E-state index in [-0.39, 0.29) is 31.5 Å². The maximum absolute atomic E-state index is 14.0. The number of imidazole rings is 1. The van der Waals surface area contributed by atoms with Crippen molar-refractivity contribution >= 4 is 66.6 Å². The van der Waals surface area contributed by atoms with Crippen molar-refractivity contribution in [2.24, 2.45) is 0 Å². The summed E-state index contributed by atoms with van der Waals surface area (Å²) < 4.78 is 49.1. The molecule has 0 unspecified atom stereocenters. The van der Waals surface area contributed by atoms with Gasteiger partial charge in [-0.3, -0.25) is 4.98 Å². The number of pyridine rings is 1. The van der Waals surface area contributed by atoms with E-state index in [0.717, 1.165) is 59.4 Å². The second-order valence-corrected chi connectivity index (χ2v) is 21.0. The summed E-state index contributed by atoms with van der Waals surface area (Å²) >= 11 is 1.60. The van der Waals surface area contributed by atoms with Crippen LogP contribution in [0, 0.1) is 24.8 Å². The van der Waals surface area contributed by atoms with Crippen molar-refractivity contribution in [2.45, 2.75) is 52.8 Å². The van der Waals surface area contributed by atoms with E-state index < -0.39 is 20.8 Å². The maximum atomic E-state index is 14.0. The largest absolute Gasteiger partial charge is 0.360 e. The molecule has 0 fully saturated rings. The molecule has 9 rings (SSSR count). The molecule has 3 nitrogen and oxygen atoms in total. The number of hydrogen-bond donors (Lipinski definition) is 0. The first-order valence-corrected chi connectivity index (χ1v) is 22.4. The average molecular weight is 936 g/mol. The van der Waals surface area contributed by atoms with Crippen molar-refractivity contribution < 1.29 is 30.0 Å². The fraction of sp³-hybridized carbons (Fsp3) is 0.167. The molecule has 7 heteroatoms. The van der Waals surface area contributed by atoms with Gasteiger partial charge in [0.2, 0.25) is 0 Å². The number of thiophene rings is 1. The average Bonchev–Trinajstić information content (AvgIpc) is 3.73. The quantitative estimate of drug-likeness (QED) is 0.123. The summed E-state index contributed by atoms with van der Waals surface area (Å²) in [5.41, 5.74) is 6.94. The van der Waals surface area contributed by atoms with Gasteiger partial charge in [0.15, 0.2) is 0 Å². The van der Waals surface area contributed by atoms with E-state index in [2.05, 4.69) is 108 Å². The smallest absolute Gasteiger partial charge is 0.124 e. The fourth-order valence-electron chi connectivity index (χ4n) is 7.01. The first-order valence-electron chi connectivity index (χ1n) is 20.0. The van der Waals surface area contributed by atoms with E-state index >= 15 is 0 Å². The van der Waals surface area contributed by atoms with Crippen LogP contribution in [0.5, 0.6) is 0 Å². The van der Waals surface area contributed by atoms with E-state index in [0.29, 0.717) is 6.54 Å². The van der Waals surface area contributed by atoms with Crippen LogP contribution in [0.3, 0.4) is 0 Å². The van der Waals surface area contributed by atoms with E-state index in [1.54, 1.807) is 29.5 Å². The molecule has 0 aliphatic rings. The van der Waals surface area contributed by atoms with Crippen molar-refractivity contribution in [3.8, 4) is 22.6 Å². The Morgan fingerprint density at radius 1 is 0.873 bits per heavy atom. The summed E-state index contributed by atoms with van der Waals surface area (Å²) in [5.74, 6) is -0.0502. The molecule has 6 aromatic carbocycles. The molecule has 0 bridgehead atoms. The number of hydrogen-bond acceptors (Lipinski definition) is 3. The van der Waals surface area contributed by atoms with Gasteiger partial charge in [-0.1, -0.05) is 124 Å². The summed E-state index contributed by atoms with van der Waals surface area (Å²) in [6.45, 7) is 9.09. The molecule has 0 aliphatic carbocycles. The normalized spacial score (nSPS) is 13.1. The van der Waals surface area contributed by atoms with Crippen LogP contribution in [-0.4, -0.2) is 22.6 Å². The second-order valence-electron chi connectivity index (χ2n) is 14.9. The standard InChI is InChI=1S/C30H18FN2S.C18H24NSi.Ir/c31-22-13-14-23-24-11-6-12-25(29(24)34-28(23)17-22)30-32-26-15-20-9-4-5-10-21(20)16-27(26)33(30)18-19-7-2-1-3-8-19;1-13(2)16-11-17(15-9-7-14(3)8-10-15)19-12-18(16)20(4,5)6;/h1-11,13-17H,18H2;7-9,11-13H,1-6H3;/q2*-1;/i;3D3,13D;. The fourth-order valence-corrected chi connectivity index (χ4v) is 9.81. The minimum atomic E-state index is -2.13. The molecule has 0 atom stereocenters. The number of rotatable bonds is 6. The van der Waals surface area contributed by atoms with Gasteiger partial charge in [-0.25, -0.2) is 4.39 Å². The third-order valence-electron chi connectivity index (χ3n) is 9.76. The van der Waals surface area contributed by atoms with Crippen LogP contribution >= 0.6 is 11.3 Å². The van der Waals surface area contributed by atoms with Crippen molar-refractivity contribution in [3.63, 3.8) is 0 Å². The maximum Gasteiger partial charge on any atom is 0.124 e. The van der Waals surface area contributed by atoms with Crippen molar-refractivity contribution in [1.29, 1.82) is 0 Å². The molecule has 3 aromatic heterocycles. The van der Waals surface area contributed by atoms with Gasteiger partial charge in [0, 0.05) is 43.0 Å². The summed E-state index contributed by atoms with van der Waals surface area (Å²) in [5, 5.41) is 5.72. The van der Waals surface area contributed by atoms with Gasteiger partial charge < -0.3 is 9.55 Å². The molecule has 277 valence electrons. The van der Waals surface area contributed by atoms with Crippen LogP contribution < -0.4 is 5.19 Å². The monoisotopic (exact) mass is 936 g/mol. The zero-order chi connectivity index (χ0) is 41.0. The summed E-state index contributed by atoms with van der Waals surface area (Å²) in [4.78, 5) is 9.69. The Labute approximate surface area is 346 Å². The molecule has 0 saturated carbocycles. The van der Waals surface area contributed by atoms with Gasteiger partial charge >= 0.3 is 0 Å². The first-order chi connectivity index (χ1) is 27.5. The predicted octanol–water partition coefficient (Wildman–Crippen LogP) is 12.7. The van der Waals surface area contributed by atoms with Gasteiger partial charge in [0.1, 0.15) is 5.82 Å². The number of halogens is 1. The Morgan fingerprint density at radius 3 is 2.35 bits per heavy atom. The van der Waals surface area contributed by atoms with Crippen LogP contribution in [0.15, 0.2) is 128 Å². The molecule has 3 heterocycles. The van der Waals surface area contributed by atoms with Gasteiger partial charge in [-0.05, 0) is 67.5 Å². The van der Waals surface area contributed by atoms with Crippen molar-refractivity contribution in [1.82, 2.24) is 14.5 Å². The Balaban J connectivity index is 0.000000188. The minimum Gasteiger partial charge on any atom is -0.360 e. The molecule has 55 heavy (non-hydrogen) atoms. The molecule has 0 amide bonds. The molecule has 0 saturated heterocycles. The molecule has 0 N–H and O–H groups in total. The predicted molar refractivity (Wildman–Crippen MR) is 230 cm³/mol. The molecule has 9 aromatic rings. The third-order valence-corrected chi connectivity index (χ3v) is 13.0. The summed E-state index contributed by atoms with van der Waals surface area (Å²) in [6, 6.07) is 45.5. The van der Waals surface area contributed by atoms with Crippen LogP contribution in [0.2, 0.25) is 19.6 Å². The van der Waals surface area contributed by atoms with Crippen molar-refractivity contribution in [3.05, 3.63) is 162 Å². The van der Waals surface area contributed by atoms with Crippen LogP contribution in [0.1, 0.15) is 41.9 Å². The second kappa shape index (κ2) is 15.8. The van der Waals surface area contributed by atoms with E-state index in [4.69, 9.17) is 10.5 Å². The molecular formula is C48H42FIrN3SSi-2. The molecular weight excluding hydrogens is 890 g/mol. The topological polar surface area (TPSA) is 30.7 Å². The Kier molecular flexibility index (Phi) is 9.61. The molecule has 0 spiro atoms. The zero-order valence-electron chi connectivity index (χ0n) is 35.3. The number of aryl methyl sites for hydroxylation is 1. The SMILES string of the molecule is Fc1ccc2c(c1)sc1c(-c3nc4cc5ccccc5cc4n3Cc3ccccc3)[c-]ccc12.[2H]C([2H])([2H])c1c[c-]c(-c2cc(C([2H])(C)C)c([Si](C)(C)C)cn2)cc1.[Ir]. The van der Waals surface area contributed by atoms with E-state index in [1.165, 1.54) is 33.7 Å². The summed E-state index contributed by atoms with van der Waals surface area (Å²) in [7, 11) is -1.61. The van der Waals surface area contributed by atoms with Crippen molar-refractivity contribution in [2.75, 3.05) is 0 Å². The Bertz CT molecular complexity index is 2950. The van der Waals surface area contributed by atoms with Crippen LogP contribution in [-0.2, 0) is 26.7 Å².